The van der Waals surface area contributed by atoms with Crippen molar-refractivity contribution < 1.29 is 28.9 Å². The lowest BCUT2D eigenvalue weighted by molar-refractivity contribution is -0.138. The molecule has 2 N–H and O–H groups in total. The summed E-state index contributed by atoms with van der Waals surface area (Å²) in [7, 11) is 3.04. The van der Waals surface area contributed by atoms with Crippen LogP contribution in [0.15, 0.2) is 18.2 Å². The van der Waals surface area contributed by atoms with Gasteiger partial charge in [-0.05, 0) is 37.0 Å². The molecule has 2 saturated heterocycles. The second-order valence-corrected chi connectivity index (χ2v) is 6.49. The number of ether oxygens (including phenoxy) is 3. The summed E-state index contributed by atoms with van der Waals surface area (Å²) >= 11 is 0. The van der Waals surface area contributed by atoms with Crippen LogP contribution in [-0.2, 0) is 14.3 Å². The lowest BCUT2D eigenvalue weighted by Gasteiger charge is -2.23. The van der Waals surface area contributed by atoms with Crippen molar-refractivity contribution >= 4 is 11.9 Å². The monoisotopic (exact) mass is 349 g/mol. The molecule has 3 rings (SSSR count). The molecule has 2 bridgehead atoms. The van der Waals surface area contributed by atoms with Gasteiger partial charge in [0.1, 0.15) is 0 Å². The highest BCUT2D eigenvalue weighted by molar-refractivity contribution is 5.81. The highest BCUT2D eigenvalue weighted by atomic mass is 16.5. The molecule has 4 unspecified atom stereocenters. The summed E-state index contributed by atoms with van der Waals surface area (Å²) in [6.45, 7) is 0. The number of benzene rings is 1. The first-order valence-electron chi connectivity index (χ1n) is 8.41. The molecular formula is C18H23NO6. The Morgan fingerprint density at radius 2 is 2.04 bits per heavy atom. The SMILES string of the molecule is COc1ccc(C(CC(=O)O)NC(=O)C2CC3CCC2O3)cc1OC. The number of nitrogens with one attached hydrogen (secondary N) is 1. The van der Waals surface area contributed by atoms with E-state index >= 15 is 0 Å². The van der Waals surface area contributed by atoms with Gasteiger partial charge in [0.25, 0.3) is 0 Å². The Bertz CT molecular complexity index is 661. The molecule has 2 aliphatic heterocycles. The highest BCUT2D eigenvalue weighted by Crippen LogP contribution is 2.39. The zero-order valence-corrected chi connectivity index (χ0v) is 14.4. The van der Waals surface area contributed by atoms with Crippen LogP contribution in [0, 0.1) is 5.92 Å². The van der Waals surface area contributed by atoms with Crippen LogP contribution in [0.5, 0.6) is 11.5 Å². The molecule has 0 aromatic heterocycles. The van der Waals surface area contributed by atoms with E-state index in [1.807, 2.05) is 0 Å². The maximum Gasteiger partial charge on any atom is 0.305 e. The van der Waals surface area contributed by atoms with Crippen LogP contribution < -0.4 is 14.8 Å². The predicted molar refractivity (Wildman–Crippen MR) is 88.7 cm³/mol. The van der Waals surface area contributed by atoms with Crippen molar-refractivity contribution in [1.82, 2.24) is 5.32 Å². The number of aliphatic carboxylic acids is 1. The molecule has 0 spiro atoms. The second-order valence-electron chi connectivity index (χ2n) is 6.49. The number of carbonyl (C=O) groups excluding carboxylic acids is 1. The molecule has 4 atom stereocenters. The summed E-state index contributed by atoms with van der Waals surface area (Å²) in [5, 5.41) is 12.1. The lowest BCUT2D eigenvalue weighted by atomic mass is 9.88. The number of methoxy groups -OCH3 is 2. The fraction of sp³-hybridized carbons (Fsp3) is 0.556. The quantitative estimate of drug-likeness (QED) is 0.781. The fourth-order valence-corrected chi connectivity index (χ4v) is 3.69. The van der Waals surface area contributed by atoms with Gasteiger partial charge >= 0.3 is 5.97 Å². The molecule has 1 aromatic carbocycles. The molecule has 2 heterocycles. The van der Waals surface area contributed by atoms with Gasteiger partial charge in [0.05, 0.1) is 44.8 Å². The summed E-state index contributed by atoms with van der Waals surface area (Å²) in [5.41, 5.74) is 0.664. The molecule has 2 fully saturated rings. The molecule has 7 heteroatoms. The molecule has 1 amide bonds. The molecule has 25 heavy (non-hydrogen) atoms. The maximum atomic E-state index is 12.6. The van der Waals surface area contributed by atoms with Gasteiger partial charge in [-0.25, -0.2) is 0 Å². The first kappa shape index (κ1) is 17.5. The molecule has 1 aromatic rings. The Hall–Kier alpha value is -2.28. The van der Waals surface area contributed by atoms with Gasteiger partial charge in [-0.2, -0.15) is 0 Å². The Morgan fingerprint density at radius 1 is 1.28 bits per heavy atom. The third kappa shape index (κ3) is 3.71. The molecule has 7 nitrogen and oxygen atoms in total. The van der Waals surface area contributed by atoms with Gasteiger partial charge < -0.3 is 24.6 Å². The predicted octanol–water partition coefficient (Wildman–Crippen LogP) is 1.90. The van der Waals surface area contributed by atoms with Crippen molar-refractivity contribution in [3.63, 3.8) is 0 Å². The minimum absolute atomic E-state index is 0.0409. The number of carboxylic acids is 1. The maximum absolute atomic E-state index is 12.6. The van der Waals surface area contributed by atoms with Gasteiger partial charge in [-0.3, -0.25) is 9.59 Å². The Kier molecular flexibility index (Phi) is 5.13. The summed E-state index contributed by atoms with van der Waals surface area (Å²) in [6.07, 6.45) is 2.52. The van der Waals surface area contributed by atoms with Crippen molar-refractivity contribution in [3.05, 3.63) is 23.8 Å². The average Bonchev–Trinajstić information content (AvgIpc) is 3.23. The van der Waals surface area contributed by atoms with E-state index in [0.29, 0.717) is 23.5 Å². The van der Waals surface area contributed by atoms with Crippen LogP contribution in [-0.4, -0.2) is 43.4 Å². The summed E-state index contributed by atoms with van der Waals surface area (Å²) in [5.74, 6) is -0.284. The molecule has 0 radical (unpaired) electrons. The zero-order valence-electron chi connectivity index (χ0n) is 14.4. The number of carboxylic acid groups (broad SMARTS) is 1. The Labute approximate surface area is 146 Å². The van der Waals surface area contributed by atoms with Crippen LogP contribution in [0.4, 0.5) is 0 Å². The van der Waals surface area contributed by atoms with E-state index in [2.05, 4.69) is 5.32 Å². The second kappa shape index (κ2) is 7.31. The van der Waals surface area contributed by atoms with E-state index in [1.165, 1.54) is 14.2 Å². The largest absolute Gasteiger partial charge is 0.493 e. The van der Waals surface area contributed by atoms with Gasteiger partial charge in [-0.1, -0.05) is 6.07 Å². The smallest absolute Gasteiger partial charge is 0.305 e. The van der Waals surface area contributed by atoms with Crippen LogP contribution in [0.2, 0.25) is 0 Å². The minimum Gasteiger partial charge on any atom is -0.493 e. The van der Waals surface area contributed by atoms with E-state index < -0.39 is 12.0 Å². The minimum atomic E-state index is -0.982. The average molecular weight is 349 g/mol. The van der Waals surface area contributed by atoms with Crippen LogP contribution in [0.3, 0.4) is 0 Å². The van der Waals surface area contributed by atoms with Crippen molar-refractivity contribution in [3.8, 4) is 11.5 Å². The highest BCUT2D eigenvalue weighted by Gasteiger charge is 2.44. The van der Waals surface area contributed by atoms with E-state index in [4.69, 9.17) is 14.2 Å². The topological polar surface area (TPSA) is 94.1 Å². The molecule has 0 saturated carbocycles. The van der Waals surface area contributed by atoms with Crippen LogP contribution in [0.25, 0.3) is 0 Å². The van der Waals surface area contributed by atoms with Gasteiger partial charge in [-0.15, -0.1) is 0 Å². The van der Waals surface area contributed by atoms with E-state index in [0.717, 1.165) is 12.8 Å². The number of fused-ring (bicyclic) bond motifs is 2. The third-order valence-corrected chi connectivity index (χ3v) is 4.95. The van der Waals surface area contributed by atoms with Gasteiger partial charge in [0.2, 0.25) is 5.91 Å². The van der Waals surface area contributed by atoms with Crippen molar-refractivity contribution in [2.75, 3.05) is 14.2 Å². The number of carbonyl (C=O) groups is 2. The molecular weight excluding hydrogens is 326 g/mol. The molecule has 136 valence electrons. The van der Waals surface area contributed by atoms with Gasteiger partial charge in [0.15, 0.2) is 11.5 Å². The Morgan fingerprint density at radius 3 is 2.60 bits per heavy atom. The van der Waals surface area contributed by atoms with E-state index in [1.54, 1.807) is 18.2 Å². The normalized spacial score (nSPS) is 25.4. The number of amides is 1. The summed E-state index contributed by atoms with van der Waals surface area (Å²) in [4.78, 5) is 23.9. The standard InChI is InChI=1S/C18H23NO6/c1-23-15-5-3-10(7-16(15)24-2)13(9-17(20)21)19-18(22)12-8-11-4-6-14(12)25-11/h3,5,7,11-14H,4,6,8-9H2,1-2H3,(H,19,22)(H,20,21). The van der Waals surface area contributed by atoms with Crippen LogP contribution in [0.1, 0.15) is 37.3 Å². The van der Waals surface area contributed by atoms with Crippen LogP contribution >= 0.6 is 0 Å². The van der Waals surface area contributed by atoms with E-state index in [9.17, 15) is 14.7 Å². The zero-order chi connectivity index (χ0) is 18.0. The molecule has 0 aliphatic carbocycles. The summed E-state index contributed by atoms with van der Waals surface area (Å²) in [6, 6.07) is 4.51. The fourth-order valence-electron chi connectivity index (χ4n) is 3.69. The van der Waals surface area contributed by atoms with E-state index in [-0.39, 0.29) is 30.5 Å². The number of hydrogen-bond acceptors (Lipinski definition) is 5. The number of hydrogen-bond donors (Lipinski definition) is 2. The van der Waals surface area contributed by atoms with Gasteiger partial charge in [0, 0.05) is 0 Å². The van der Waals surface area contributed by atoms with Crippen molar-refractivity contribution in [1.29, 1.82) is 0 Å². The third-order valence-electron chi connectivity index (χ3n) is 4.95. The molecule has 2 aliphatic rings. The Balaban J connectivity index is 1.77. The first-order valence-corrected chi connectivity index (χ1v) is 8.41. The number of rotatable bonds is 7. The van der Waals surface area contributed by atoms with Crippen molar-refractivity contribution in [2.45, 2.75) is 43.9 Å². The first-order chi connectivity index (χ1) is 12.0. The lowest BCUT2D eigenvalue weighted by Crippen LogP contribution is -2.38. The van der Waals surface area contributed by atoms with Crippen molar-refractivity contribution in [2.24, 2.45) is 5.92 Å². The summed E-state index contributed by atoms with van der Waals surface area (Å²) < 4.78 is 16.2.